The maximum absolute atomic E-state index is 12.3. The number of sulfone groups is 1. The molecule has 0 aliphatic rings. The van der Waals surface area contributed by atoms with Crippen LogP contribution in [0.25, 0.3) is 0 Å². The third-order valence-corrected chi connectivity index (χ3v) is 4.63. The fraction of sp³-hybridized carbons (Fsp3) is 0.250. The number of carboxylic acid groups (broad SMARTS) is 1. The number of aromatic nitrogens is 3. The maximum Gasteiger partial charge on any atom is 0.335 e. The van der Waals surface area contributed by atoms with E-state index in [9.17, 15) is 13.2 Å². The van der Waals surface area contributed by atoms with Crippen LogP contribution in [0.4, 0.5) is 0 Å². The Labute approximate surface area is 115 Å². The van der Waals surface area contributed by atoms with Crippen molar-refractivity contribution >= 4 is 15.8 Å². The zero-order chi connectivity index (χ0) is 14.9. The summed E-state index contributed by atoms with van der Waals surface area (Å²) in [5.41, 5.74) is 0.515. The molecular weight excluding hydrogens is 282 g/mol. The molecule has 2 rings (SSSR count). The molecule has 0 saturated heterocycles. The average Bonchev–Trinajstić information content (AvgIpc) is 2.73. The van der Waals surface area contributed by atoms with Crippen molar-refractivity contribution in [2.75, 3.05) is 0 Å². The van der Waals surface area contributed by atoms with Crippen LogP contribution in [-0.2, 0) is 22.6 Å². The Morgan fingerprint density at radius 3 is 2.65 bits per heavy atom. The predicted octanol–water partition coefficient (Wildman–Crippen LogP) is 0.796. The third kappa shape index (κ3) is 2.69. The van der Waals surface area contributed by atoms with E-state index in [1.165, 1.54) is 36.0 Å². The van der Waals surface area contributed by atoms with Crippen LogP contribution in [-0.4, -0.2) is 34.5 Å². The first-order valence-electron chi connectivity index (χ1n) is 5.72. The summed E-state index contributed by atoms with van der Waals surface area (Å²) in [6, 6.07) is 4.19. The summed E-state index contributed by atoms with van der Waals surface area (Å²) in [5, 5.41) is 16.4. The SMILES string of the molecule is Cc1c(C(=O)O)cccc1S(=O)(=O)Cc1cn(C)nn1. The molecule has 0 bridgehead atoms. The van der Waals surface area contributed by atoms with Gasteiger partial charge in [-0.3, -0.25) is 4.68 Å². The van der Waals surface area contributed by atoms with Crippen LogP contribution < -0.4 is 0 Å². The minimum atomic E-state index is -3.67. The van der Waals surface area contributed by atoms with Crippen LogP contribution in [0.2, 0.25) is 0 Å². The number of rotatable bonds is 4. The van der Waals surface area contributed by atoms with Gasteiger partial charge >= 0.3 is 5.97 Å². The molecule has 1 aromatic heterocycles. The summed E-state index contributed by atoms with van der Waals surface area (Å²) in [5.74, 6) is -1.47. The standard InChI is InChI=1S/C12H13N3O4S/c1-8-10(12(16)17)4-3-5-11(8)20(18,19)7-9-6-15(2)14-13-9/h3-6H,7H2,1-2H3,(H,16,17). The largest absolute Gasteiger partial charge is 0.478 e. The molecular formula is C12H13N3O4S. The number of nitrogens with zero attached hydrogens (tertiary/aromatic N) is 3. The second-order valence-electron chi connectivity index (χ2n) is 4.38. The quantitative estimate of drug-likeness (QED) is 0.895. The molecule has 1 N–H and O–H groups in total. The van der Waals surface area contributed by atoms with Crippen molar-refractivity contribution in [2.24, 2.45) is 7.05 Å². The first kappa shape index (κ1) is 14.2. The summed E-state index contributed by atoms with van der Waals surface area (Å²) in [6.45, 7) is 1.48. The predicted molar refractivity (Wildman–Crippen MR) is 70.0 cm³/mol. The van der Waals surface area contributed by atoms with Gasteiger partial charge < -0.3 is 5.11 Å². The number of hydrogen-bond donors (Lipinski definition) is 1. The van der Waals surface area contributed by atoms with Crippen molar-refractivity contribution in [3.05, 3.63) is 41.2 Å². The fourth-order valence-electron chi connectivity index (χ4n) is 1.92. The number of benzene rings is 1. The molecule has 0 spiro atoms. The van der Waals surface area contributed by atoms with E-state index >= 15 is 0 Å². The first-order valence-corrected chi connectivity index (χ1v) is 7.37. The van der Waals surface area contributed by atoms with Crippen molar-refractivity contribution < 1.29 is 18.3 Å². The molecule has 106 valence electrons. The van der Waals surface area contributed by atoms with Gasteiger partial charge in [0, 0.05) is 13.2 Å². The molecule has 0 unspecified atom stereocenters. The van der Waals surface area contributed by atoms with Crippen molar-refractivity contribution in [3.63, 3.8) is 0 Å². The highest BCUT2D eigenvalue weighted by Crippen LogP contribution is 2.22. The molecule has 1 heterocycles. The minimum absolute atomic E-state index is 0.00283. The Kier molecular flexibility index (Phi) is 3.58. The van der Waals surface area contributed by atoms with Gasteiger partial charge in [0.25, 0.3) is 0 Å². The molecule has 2 aromatic rings. The number of aryl methyl sites for hydroxylation is 1. The Hall–Kier alpha value is -2.22. The Bertz CT molecular complexity index is 765. The van der Waals surface area contributed by atoms with E-state index in [1.807, 2.05) is 0 Å². The zero-order valence-corrected chi connectivity index (χ0v) is 11.8. The number of aromatic carboxylic acids is 1. The second kappa shape index (κ2) is 5.04. The van der Waals surface area contributed by atoms with Gasteiger partial charge in [0.2, 0.25) is 0 Å². The van der Waals surface area contributed by atoms with E-state index in [2.05, 4.69) is 10.3 Å². The van der Waals surface area contributed by atoms with Gasteiger partial charge in [-0.05, 0) is 24.6 Å². The first-order chi connectivity index (χ1) is 9.31. The summed E-state index contributed by atoms with van der Waals surface area (Å²) in [7, 11) is -2.03. The molecule has 0 saturated carbocycles. The number of hydrogen-bond acceptors (Lipinski definition) is 5. The topological polar surface area (TPSA) is 102 Å². The van der Waals surface area contributed by atoms with Crippen LogP contribution in [0, 0.1) is 6.92 Å². The van der Waals surface area contributed by atoms with Crippen LogP contribution >= 0.6 is 0 Å². The molecule has 0 radical (unpaired) electrons. The van der Waals surface area contributed by atoms with Crippen molar-refractivity contribution in [3.8, 4) is 0 Å². The third-order valence-electron chi connectivity index (χ3n) is 2.84. The van der Waals surface area contributed by atoms with Gasteiger partial charge in [0.1, 0.15) is 5.75 Å². The molecule has 8 heteroatoms. The highest BCUT2D eigenvalue weighted by Gasteiger charge is 2.22. The lowest BCUT2D eigenvalue weighted by molar-refractivity contribution is 0.0696. The van der Waals surface area contributed by atoms with Gasteiger partial charge in [-0.25, -0.2) is 13.2 Å². The Morgan fingerprint density at radius 1 is 1.40 bits per heavy atom. The molecule has 0 aliphatic heterocycles. The van der Waals surface area contributed by atoms with E-state index in [0.29, 0.717) is 5.69 Å². The summed E-state index contributed by atoms with van der Waals surface area (Å²) >= 11 is 0. The number of carbonyl (C=O) groups is 1. The fourth-order valence-corrected chi connectivity index (χ4v) is 3.46. The molecule has 0 amide bonds. The van der Waals surface area contributed by atoms with E-state index in [1.54, 1.807) is 7.05 Å². The van der Waals surface area contributed by atoms with E-state index < -0.39 is 15.8 Å². The van der Waals surface area contributed by atoms with Gasteiger partial charge in [-0.2, -0.15) is 0 Å². The van der Waals surface area contributed by atoms with E-state index in [0.717, 1.165) is 0 Å². The zero-order valence-electron chi connectivity index (χ0n) is 10.9. The van der Waals surface area contributed by atoms with Gasteiger partial charge in [0.15, 0.2) is 9.84 Å². The molecule has 7 nitrogen and oxygen atoms in total. The minimum Gasteiger partial charge on any atom is -0.478 e. The molecule has 20 heavy (non-hydrogen) atoms. The Morgan fingerprint density at radius 2 is 2.10 bits per heavy atom. The lowest BCUT2D eigenvalue weighted by Gasteiger charge is -2.08. The Balaban J connectivity index is 2.44. The number of carboxylic acids is 1. The van der Waals surface area contributed by atoms with Crippen LogP contribution in [0.5, 0.6) is 0 Å². The van der Waals surface area contributed by atoms with Crippen LogP contribution in [0.1, 0.15) is 21.6 Å². The van der Waals surface area contributed by atoms with Gasteiger partial charge in [0.05, 0.1) is 16.2 Å². The normalized spacial score (nSPS) is 11.5. The second-order valence-corrected chi connectivity index (χ2v) is 6.33. The van der Waals surface area contributed by atoms with Crippen LogP contribution in [0.3, 0.4) is 0 Å². The molecule has 1 aromatic carbocycles. The van der Waals surface area contributed by atoms with Crippen molar-refractivity contribution in [1.82, 2.24) is 15.0 Å². The van der Waals surface area contributed by atoms with E-state index in [4.69, 9.17) is 5.11 Å². The summed E-state index contributed by atoms with van der Waals surface area (Å²) in [6.07, 6.45) is 1.51. The molecule has 0 aliphatic carbocycles. The van der Waals surface area contributed by atoms with Crippen molar-refractivity contribution in [1.29, 1.82) is 0 Å². The molecule has 0 atom stereocenters. The van der Waals surface area contributed by atoms with Gasteiger partial charge in [-0.1, -0.05) is 11.3 Å². The maximum atomic E-state index is 12.3. The smallest absolute Gasteiger partial charge is 0.335 e. The summed E-state index contributed by atoms with van der Waals surface area (Å²) in [4.78, 5) is 11.0. The lowest BCUT2D eigenvalue weighted by atomic mass is 10.1. The highest BCUT2D eigenvalue weighted by molar-refractivity contribution is 7.90. The average molecular weight is 295 g/mol. The lowest BCUT2D eigenvalue weighted by Crippen LogP contribution is -2.10. The van der Waals surface area contributed by atoms with Crippen molar-refractivity contribution in [2.45, 2.75) is 17.6 Å². The summed E-state index contributed by atoms with van der Waals surface area (Å²) < 4.78 is 26.1. The van der Waals surface area contributed by atoms with E-state index in [-0.39, 0.29) is 21.8 Å². The van der Waals surface area contributed by atoms with Gasteiger partial charge in [-0.15, -0.1) is 5.10 Å². The molecule has 0 fully saturated rings. The highest BCUT2D eigenvalue weighted by atomic mass is 32.2. The monoisotopic (exact) mass is 295 g/mol. The van der Waals surface area contributed by atoms with Crippen LogP contribution in [0.15, 0.2) is 29.3 Å².